The number of Topliss-reactive ketones (excluding diaryl/α,β-unsaturated/α-hetero) is 1. The average molecular weight is 349 g/mol. The van der Waals surface area contributed by atoms with Gasteiger partial charge in [-0.2, -0.15) is 13.2 Å². The Kier molecular flexibility index (Phi) is 4.89. The minimum Gasteiger partial charge on any atom is -0.319 e. The molecule has 0 aliphatic carbocycles. The van der Waals surface area contributed by atoms with Crippen LogP contribution in [0.2, 0.25) is 5.02 Å². The molecule has 4 nitrogen and oxygen atoms in total. The van der Waals surface area contributed by atoms with Gasteiger partial charge in [-0.3, -0.25) is 4.79 Å². The third kappa shape index (κ3) is 3.44. The van der Waals surface area contributed by atoms with Crippen molar-refractivity contribution in [3.63, 3.8) is 0 Å². The molecule has 2 amide bonds. The highest BCUT2D eigenvalue weighted by Gasteiger charge is 2.60. The minimum absolute atomic E-state index is 0.00114. The van der Waals surface area contributed by atoms with Crippen molar-refractivity contribution < 1.29 is 22.8 Å². The highest BCUT2D eigenvalue weighted by atomic mass is 35.5. The Morgan fingerprint density at radius 1 is 1.35 bits per heavy atom. The number of ketones is 1. The normalized spacial score (nSPS) is 20.5. The molecule has 1 aromatic rings. The van der Waals surface area contributed by atoms with E-state index >= 15 is 0 Å². The minimum atomic E-state index is -4.84. The zero-order valence-electron chi connectivity index (χ0n) is 12.4. The molecule has 0 fully saturated rings. The molecule has 0 saturated heterocycles. The highest BCUT2D eigenvalue weighted by Crippen LogP contribution is 2.47. The van der Waals surface area contributed by atoms with Gasteiger partial charge in [-0.15, -0.1) is 0 Å². The number of hydrogen-bond acceptors (Lipinski definition) is 2. The van der Waals surface area contributed by atoms with Crippen molar-refractivity contribution in [1.29, 1.82) is 0 Å². The summed E-state index contributed by atoms with van der Waals surface area (Å²) in [5.74, 6) is -0.558. The standard InChI is InChI=1S/C15H16ClF3N2O2/c1-2-3-4-10(22)8-14(15(17,18)19)11-7-9(16)5-6-12(11)20-13(23)21-14/h5-7H,2-4,8H2,1H3,(H2,20,21,23). The van der Waals surface area contributed by atoms with E-state index in [1.165, 1.54) is 12.1 Å². The predicted molar refractivity (Wildman–Crippen MR) is 80.5 cm³/mol. The second kappa shape index (κ2) is 6.39. The maximum Gasteiger partial charge on any atom is 0.416 e. The van der Waals surface area contributed by atoms with Crippen molar-refractivity contribution in [2.75, 3.05) is 5.32 Å². The fourth-order valence-electron chi connectivity index (χ4n) is 2.61. The summed E-state index contributed by atoms with van der Waals surface area (Å²) in [7, 11) is 0. The van der Waals surface area contributed by atoms with E-state index in [4.69, 9.17) is 11.6 Å². The first-order valence-corrected chi connectivity index (χ1v) is 7.55. The average Bonchev–Trinajstić information content (AvgIpc) is 2.44. The van der Waals surface area contributed by atoms with Crippen LogP contribution in [-0.2, 0) is 10.3 Å². The second-order valence-electron chi connectivity index (χ2n) is 5.49. The first-order chi connectivity index (χ1) is 10.7. The number of fused-ring (bicyclic) bond motifs is 1. The van der Waals surface area contributed by atoms with E-state index in [9.17, 15) is 22.8 Å². The van der Waals surface area contributed by atoms with E-state index in [0.29, 0.717) is 12.8 Å². The molecular formula is C15H16ClF3N2O2. The molecule has 0 spiro atoms. The molecule has 1 heterocycles. The Labute approximate surface area is 136 Å². The molecule has 1 aliphatic heterocycles. The number of carbonyl (C=O) groups is 2. The Hall–Kier alpha value is -1.76. The summed E-state index contributed by atoms with van der Waals surface area (Å²) >= 11 is 5.82. The molecule has 1 aliphatic rings. The van der Waals surface area contributed by atoms with Gasteiger partial charge in [-0.1, -0.05) is 24.9 Å². The maximum absolute atomic E-state index is 13.8. The number of hydrogen-bond donors (Lipinski definition) is 2. The lowest BCUT2D eigenvalue weighted by molar-refractivity contribution is -0.200. The van der Waals surface area contributed by atoms with E-state index in [2.05, 4.69) is 5.32 Å². The van der Waals surface area contributed by atoms with Crippen molar-refractivity contribution in [3.8, 4) is 0 Å². The Balaban J connectivity index is 2.52. The van der Waals surface area contributed by atoms with Gasteiger partial charge in [0.15, 0.2) is 5.54 Å². The summed E-state index contributed by atoms with van der Waals surface area (Å²) in [4.78, 5) is 23.7. The smallest absolute Gasteiger partial charge is 0.319 e. The lowest BCUT2D eigenvalue weighted by atomic mass is 9.81. The Morgan fingerprint density at radius 2 is 2.04 bits per heavy atom. The Bertz CT molecular complexity index is 634. The second-order valence-corrected chi connectivity index (χ2v) is 5.93. The van der Waals surface area contributed by atoms with Crippen molar-refractivity contribution in [2.45, 2.75) is 44.3 Å². The van der Waals surface area contributed by atoms with Crippen LogP contribution in [0.1, 0.15) is 38.2 Å². The summed E-state index contributed by atoms with van der Waals surface area (Å²) < 4.78 is 41.5. The molecule has 0 aromatic heterocycles. The molecule has 2 N–H and O–H groups in total. The summed E-state index contributed by atoms with van der Waals surface area (Å²) in [6.45, 7) is 1.84. The third-order valence-electron chi connectivity index (χ3n) is 3.77. The van der Waals surface area contributed by atoms with E-state index in [-0.39, 0.29) is 22.7 Å². The summed E-state index contributed by atoms with van der Waals surface area (Å²) in [5, 5.41) is 4.31. The van der Waals surface area contributed by atoms with Gasteiger partial charge < -0.3 is 10.6 Å². The van der Waals surface area contributed by atoms with Gasteiger partial charge in [0.05, 0.1) is 0 Å². The number of amides is 2. The zero-order valence-corrected chi connectivity index (χ0v) is 13.1. The monoisotopic (exact) mass is 348 g/mol. The molecule has 23 heavy (non-hydrogen) atoms. The number of nitrogens with one attached hydrogen (secondary N) is 2. The lowest BCUT2D eigenvalue weighted by Gasteiger charge is -2.40. The largest absolute Gasteiger partial charge is 0.416 e. The molecular weight excluding hydrogens is 333 g/mol. The van der Waals surface area contributed by atoms with Gasteiger partial charge in [0, 0.05) is 29.1 Å². The van der Waals surface area contributed by atoms with Gasteiger partial charge in [-0.25, -0.2) is 4.79 Å². The topological polar surface area (TPSA) is 58.2 Å². The van der Waals surface area contributed by atoms with Crippen LogP contribution in [0.15, 0.2) is 18.2 Å². The first-order valence-electron chi connectivity index (χ1n) is 7.17. The number of rotatable bonds is 5. The number of unbranched alkanes of at least 4 members (excludes halogenated alkanes) is 1. The van der Waals surface area contributed by atoms with Gasteiger partial charge in [0.2, 0.25) is 0 Å². The molecule has 1 atom stereocenters. The van der Waals surface area contributed by atoms with Crippen LogP contribution in [0, 0.1) is 0 Å². The summed E-state index contributed by atoms with van der Waals surface area (Å²) in [6.07, 6.45) is -4.46. The van der Waals surface area contributed by atoms with Crippen molar-refractivity contribution in [3.05, 3.63) is 28.8 Å². The highest BCUT2D eigenvalue weighted by molar-refractivity contribution is 6.30. The molecule has 2 rings (SSSR count). The molecule has 1 unspecified atom stereocenters. The van der Waals surface area contributed by atoms with Crippen LogP contribution in [0.4, 0.5) is 23.7 Å². The van der Waals surface area contributed by atoms with E-state index < -0.39 is 30.0 Å². The number of anilines is 1. The van der Waals surface area contributed by atoms with Crippen LogP contribution >= 0.6 is 11.6 Å². The van der Waals surface area contributed by atoms with Gasteiger partial charge in [0.25, 0.3) is 0 Å². The number of halogens is 4. The van der Waals surface area contributed by atoms with Crippen molar-refractivity contribution >= 4 is 29.1 Å². The molecule has 126 valence electrons. The van der Waals surface area contributed by atoms with Gasteiger partial charge in [-0.05, 0) is 24.6 Å². The third-order valence-corrected chi connectivity index (χ3v) is 4.01. The summed E-state index contributed by atoms with van der Waals surface area (Å²) in [5.41, 5.74) is -3.01. The summed E-state index contributed by atoms with van der Waals surface area (Å²) in [6, 6.07) is 2.81. The molecule has 0 radical (unpaired) electrons. The zero-order chi connectivity index (χ0) is 17.3. The first kappa shape index (κ1) is 17.6. The van der Waals surface area contributed by atoms with Crippen LogP contribution in [0.25, 0.3) is 0 Å². The fourth-order valence-corrected chi connectivity index (χ4v) is 2.79. The molecule has 0 bridgehead atoms. The lowest BCUT2D eigenvalue weighted by Crippen LogP contribution is -2.60. The van der Waals surface area contributed by atoms with Gasteiger partial charge >= 0.3 is 12.2 Å². The maximum atomic E-state index is 13.8. The quantitative estimate of drug-likeness (QED) is 0.829. The fraction of sp³-hybridized carbons (Fsp3) is 0.467. The van der Waals surface area contributed by atoms with Crippen molar-refractivity contribution in [2.24, 2.45) is 0 Å². The Morgan fingerprint density at radius 3 is 2.65 bits per heavy atom. The van der Waals surface area contributed by atoms with Crippen molar-refractivity contribution in [1.82, 2.24) is 5.32 Å². The van der Waals surface area contributed by atoms with Crippen LogP contribution in [0.5, 0.6) is 0 Å². The van der Waals surface area contributed by atoms with E-state index in [1.807, 2.05) is 12.2 Å². The van der Waals surface area contributed by atoms with E-state index in [1.54, 1.807) is 0 Å². The predicted octanol–water partition coefficient (Wildman–Crippen LogP) is 4.38. The molecule has 8 heteroatoms. The van der Waals surface area contributed by atoms with Crippen LogP contribution < -0.4 is 10.6 Å². The van der Waals surface area contributed by atoms with Crippen LogP contribution in [0.3, 0.4) is 0 Å². The number of carbonyl (C=O) groups excluding carboxylic acids is 2. The van der Waals surface area contributed by atoms with Gasteiger partial charge in [0.1, 0.15) is 5.78 Å². The number of urea groups is 1. The SMILES string of the molecule is CCCCC(=O)CC1(C(F)(F)F)NC(=O)Nc2ccc(Cl)cc21. The van der Waals surface area contributed by atoms with Crippen LogP contribution in [-0.4, -0.2) is 18.0 Å². The molecule has 0 saturated carbocycles. The van der Waals surface area contributed by atoms with E-state index in [0.717, 1.165) is 6.07 Å². The molecule has 1 aromatic carbocycles. The number of alkyl halides is 3. The number of benzene rings is 1.